The van der Waals surface area contributed by atoms with E-state index in [1.807, 2.05) is 78.9 Å². The molecule has 0 radical (unpaired) electrons. The highest BCUT2D eigenvalue weighted by atomic mass is 32.1. The molecule has 0 saturated carbocycles. The third-order valence-electron chi connectivity index (χ3n) is 12.9. The number of hydrogen-bond donors (Lipinski definition) is 3. The molecule has 7 nitrogen and oxygen atoms in total. The standard InChI is InChI=1S/C32H39NO4.C19H19NOS/c1-31(2,30(35)36)25-17-15-24(16-18-25)29(34)14-9-21-33-22-19-28(20-23-33)32(37,26-10-5-3-6-11-26)27-12-7-4-8-13-27;1-20-9-6-13(7-10-20)18-15-5-3-2-4-14(15)12-17(21)19-16(18)8-11-22-19/h3-8,10-13,15-18,28-29,34,37H,9,14,19-23H2,1-2H3,(H,35,36);2-5,8,11H,6-7,9-10,12H2,1H3. The number of Topliss-reactive ketones (excluding diaryl/α,β-unsaturated/α-hetero) is 1. The quantitative estimate of drug-likeness (QED) is 0.129. The zero-order valence-corrected chi connectivity index (χ0v) is 35.5. The molecule has 1 unspecified atom stereocenters. The van der Waals surface area contributed by atoms with E-state index in [-0.39, 0.29) is 11.7 Å². The summed E-state index contributed by atoms with van der Waals surface area (Å²) >= 11 is 1.59. The van der Waals surface area contributed by atoms with Crippen LogP contribution in [0, 0.1) is 5.92 Å². The number of ketones is 1. The second-order valence-corrected chi connectivity index (χ2v) is 17.9. The monoisotopic (exact) mass is 810 g/mol. The van der Waals surface area contributed by atoms with E-state index in [4.69, 9.17) is 0 Å². The Morgan fingerprint density at radius 3 is 1.98 bits per heavy atom. The van der Waals surface area contributed by atoms with E-state index in [9.17, 15) is 24.9 Å². The average Bonchev–Trinajstić information content (AvgIpc) is 3.71. The molecule has 1 atom stereocenters. The maximum Gasteiger partial charge on any atom is 0.313 e. The maximum atomic E-state index is 12.6. The Kier molecular flexibility index (Phi) is 13.4. The number of carboxylic acid groups (broad SMARTS) is 1. The number of carbonyl (C=O) groups is 2. The van der Waals surface area contributed by atoms with Gasteiger partial charge < -0.3 is 25.1 Å². The number of fused-ring (bicyclic) bond motifs is 2. The fraction of sp³-hybridized carbons (Fsp3) is 0.373. The number of thiophene rings is 1. The van der Waals surface area contributed by atoms with Crippen LogP contribution in [0.3, 0.4) is 0 Å². The van der Waals surface area contributed by atoms with Crippen molar-refractivity contribution in [3.8, 4) is 0 Å². The van der Waals surface area contributed by atoms with Crippen molar-refractivity contribution < 1.29 is 24.9 Å². The molecule has 0 amide bonds. The number of likely N-dealkylation sites (tertiary alicyclic amines) is 2. The normalized spacial score (nSPS) is 17.3. The van der Waals surface area contributed by atoms with Crippen molar-refractivity contribution in [1.82, 2.24) is 9.80 Å². The fourth-order valence-corrected chi connectivity index (χ4v) is 9.92. The van der Waals surface area contributed by atoms with Crippen LogP contribution in [-0.4, -0.2) is 76.6 Å². The molecular weight excluding hydrogens is 753 g/mol. The van der Waals surface area contributed by atoms with Gasteiger partial charge in [0.05, 0.1) is 16.4 Å². The lowest BCUT2D eigenvalue weighted by molar-refractivity contribution is -0.142. The smallest absolute Gasteiger partial charge is 0.313 e. The average molecular weight is 811 g/mol. The molecular formula is C51H58N2O5S. The lowest BCUT2D eigenvalue weighted by Gasteiger charge is -2.42. The summed E-state index contributed by atoms with van der Waals surface area (Å²) in [5.41, 5.74) is 7.94. The summed E-state index contributed by atoms with van der Waals surface area (Å²) in [5.74, 6) is -0.468. The molecule has 2 aliphatic heterocycles. The van der Waals surface area contributed by atoms with Crippen LogP contribution in [0.25, 0.3) is 5.57 Å². The Balaban J connectivity index is 0.000000203. The summed E-state index contributed by atoms with van der Waals surface area (Å²) in [4.78, 5) is 29.8. The molecule has 0 spiro atoms. The first-order chi connectivity index (χ1) is 28.5. The van der Waals surface area contributed by atoms with Crippen molar-refractivity contribution in [2.24, 2.45) is 5.92 Å². The number of aliphatic hydroxyl groups excluding tert-OH is 1. The molecule has 59 heavy (non-hydrogen) atoms. The number of aliphatic hydroxyl groups is 2. The summed E-state index contributed by atoms with van der Waals surface area (Å²) in [5, 5.41) is 34.2. The molecule has 2 saturated heterocycles. The van der Waals surface area contributed by atoms with Crippen LogP contribution in [0.2, 0.25) is 0 Å². The maximum absolute atomic E-state index is 12.6. The van der Waals surface area contributed by atoms with Crippen LogP contribution in [-0.2, 0) is 22.2 Å². The van der Waals surface area contributed by atoms with Crippen molar-refractivity contribution in [2.45, 2.75) is 75.9 Å². The molecule has 8 heteroatoms. The molecule has 3 aliphatic rings. The van der Waals surface area contributed by atoms with E-state index in [1.165, 1.54) is 27.8 Å². The Morgan fingerprint density at radius 2 is 1.37 bits per heavy atom. The minimum Gasteiger partial charge on any atom is -0.481 e. The highest BCUT2D eigenvalue weighted by molar-refractivity contribution is 7.12. The summed E-state index contributed by atoms with van der Waals surface area (Å²) in [6.07, 6.45) is 5.50. The SMILES string of the molecule is CC(C)(C(=O)O)c1ccc(C(O)CCCN2CCC(C(O)(c3ccccc3)c3ccccc3)CC2)cc1.CN1CCC(=C2c3ccccc3CC(=O)c3sccc32)CC1. The predicted octanol–water partition coefficient (Wildman–Crippen LogP) is 9.52. The first kappa shape index (κ1) is 42.4. The molecule has 0 bridgehead atoms. The summed E-state index contributed by atoms with van der Waals surface area (Å²) in [6, 6.07) is 37.9. The van der Waals surface area contributed by atoms with Crippen LogP contribution < -0.4 is 0 Å². The summed E-state index contributed by atoms with van der Waals surface area (Å²) in [6.45, 7) is 8.32. The minimum absolute atomic E-state index is 0.132. The number of hydrogen-bond acceptors (Lipinski definition) is 7. The molecule has 3 N–H and O–H groups in total. The second kappa shape index (κ2) is 18.7. The van der Waals surface area contributed by atoms with Crippen LogP contribution in [0.15, 0.2) is 126 Å². The Hall–Kier alpha value is -4.70. The molecule has 1 aliphatic carbocycles. The predicted molar refractivity (Wildman–Crippen MR) is 238 cm³/mol. The summed E-state index contributed by atoms with van der Waals surface area (Å²) in [7, 11) is 2.18. The van der Waals surface area contributed by atoms with E-state index >= 15 is 0 Å². The Morgan fingerprint density at radius 1 is 0.780 bits per heavy atom. The molecule has 308 valence electrons. The Labute approximate surface area is 353 Å². The topological polar surface area (TPSA) is 101 Å². The molecule has 1 aromatic heterocycles. The van der Waals surface area contributed by atoms with Crippen LogP contribution >= 0.6 is 11.3 Å². The molecule has 5 aromatic rings. The van der Waals surface area contributed by atoms with Crippen molar-refractivity contribution in [2.75, 3.05) is 39.8 Å². The number of nitrogens with zero attached hydrogens (tertiary/aromatic N) is 2. The van der Waals surface area contributed by atoms with Gasteiger partial charge in [0.25, 0.3) is 0 Å². The highest BCUT2D eigenvalue weighted by Crippen LogP contribution is 2.43. The lowest BCUT2D eigenvalue weighted by atomic mass is 9.72. The van der Waals surface area contributed by atoms with E-state index in [1.54, 1.807) is 37.3 Å². The van der Waals surface area contributed by atoms with Gasteiger partial charge in [0, 0.05) is 25.1 Å². The third kappa shape index (κ3) is 9.38. The van der Waals surface area contributed by atoms with Gasteiger partial charge in [0.15, 0.2) is 5.78 Å². The van der Waals surface area contributed by atoms with Gasteiger partial charge in [-0.1, -0.05) is 115 Å². The van der Waals surface area contributed by atoms with Gasteiger partial charge in [-0.2, -0.15) is 0 Å². The van der Waals surface area contributed by atoms with Gasteiger partial charge >= 0.3 is 5.97 Å². The number of carboxylic acids is 1. The van der Waals surface area contributed by atoms with E-state index in [0.29, 0.717) is 12.8 Å². The number of carbonyl (C=O) groups excluding carboxylic acids is 1. The zero-order valence-electron chi connectivity index (χ0n) is 34.6. The molecule has 4 aromatic carbocycles. The number of rotatable bonds is 10. The second-order valence-electron chi connectivity index (χ2n) is 17.0. The van der Waals surface area contributed by atoms with Gasteiger partial charge in [-0.3, -0.25) is 9.59 Å². The molecule has 3 heterocycles. The van der Waals surface area contributed by atoms with Crippen molar-refractivity contribution >= 4 is 28.7 Å². The first-order valence-electron chi connectivity index (χ1n) is 21.1. The third-order valence-corrected chi connectivity index (χ3v) is 13.8. The van der Waals surface area contributed by atoms with E-state index in [2.05, 4.69) is 46.5 Å². The van der Waals surface area contributed by atoms with Gasteiger partial charge in [-0.15, -0.1) is 11.3 Å². The zero-order chi connectivity index (χ0) is 41.6. The van der Waals surface area contributed by atoms with E-state index < -0.39 is 23.1 Å². The van der Waals surface area contributed by atoms with Crippen molar-refractivity contribution in [3.05, 3.63) is 170 Å². The van der Waals surface area contributed by atoms with Gasteiger partial charge in [0.2, 0.25) is 0 Å². The summed E-state index contributed by atoms with van der Waals surface area (Å²) < 4.78 is 0. The Bertz CT molecular complexity index is 2170. The number of piperidine rings is 2. The van der Waals surface area contributed by atoms with Crippen LogP contribution in [0.1, 0.15) is 107 Å². The minimum atomic E-state index is -1.01. The van der Waals surface area contributed by atoms with Crippen molar-refractivity contribution in [3.63, 3.8) is 0 Å². The van der Waals surface area contributed by atoms with Crippen molar-refractivity contribution in [1.29, 1.82) is 0 Å². The highest BCUT2D eigenvalue weighted by Gasteiger charge is 2.41. The fourth-order valence-electron chi connectivity index (χ4n) is 9.08. The molecule has 8 rings (SSSR count). The van der Waals surface area contributed by atoms with Crippen LogP contribution in [0.5, 0.6) is 0 Å². The molecule has 2 fully saturated rings. The van der Waals surface area contributed by atoms with Gasteiger partial charge in [-0.25, -0.2) is 0 Å². The van der Waals surface area contributed by atoms with E-state index in [0.717, 1.165) is 92.0 Å². The first-order valence-corrected chi connectivity index (χ1v) is 22.0. The van der Waals surface area contributed by atoms with Gasteiger partial charge in [-0.05, 0) is 135 Å². The van der Waals surface area contributed by atoms with Gasteiger partial charge in [0.1, 0.15) is 5.60 Å². The largest absolute Gasteiger partial charge is 0.481 e. The number of benzene rings is 4. The lowest BCUT2D eigenvalue weighted by Crippen LogP contribution is -2.44. The number of aliphatic carboxylic acids is 1. The van der Waals surface area contributed by atoms with Crippen LogP contribution in [0.4, 0.5) is 0 Å².